The summed E-state index contributed by atoms with van der Waals surface area (Å²) in [5, 5.41) is 4.17. The highest BCUT2D eigenvalue weighted by molar-refractivity contribution is 9.10. The van der Waals surface area contributed by atoms with Crippen LogP contribution in [0.15, 0.2) is 29.0 Å². The summed E-state index contributed by atoms with van der Waals surface area (Å²) in [6.45, 7) is 4.06. The number of aromatic nitrogens is 3. The summed E-state index contributed by atoms with van der Waals surface area (Å²) < 4.78 is 15.7. The zero-order chi connectivity index (χ0) is 14.0. The maximum atomic E-state index is 13.5. The molecule has 0 bridgehead atoms. The number of nitrogens with zero attached hydrogens (tertiary/aromatic N) is 3. The molecule has 1 unspecified atom stereocenters. The molecule has 0 aliphatic rings. The molecule has 6 heteroatoms. The summed E-state index contributed by atoms with van der Waals surface area (Å²) in [4.78, 5) is 4.22. The summed E-state index contributed by atoms with van der Waals surface area (Å²) in [5.74, 6) is 0.497. The molecule has 0 amide bonds. The van der Waals surface area contributed by atoms with Crippen molar-refractivity contribution in [1.82, 2.24) is 14.8 Å². The lowest BCUT2D eigenvalue weighted by Gasteiger charge is -2.15. The molecule has 4 nitrogen and oxygen atoms in total. The van der Waals surface area contributed by atoms with Crippen LogP contribution < -0.4 is 5.73 Å². The van der Waals surface area contributed by atoms with Crippen LogP contribution in [0.4, 0.5) is 4.39 Å². The van der Waals surface area contributed by atoms with Gasteiger partial charge in [-0.2, -0.15) is 5.10 Å². The van der Waals surface area contributed by atoms with Gasteiger partial charge in [-0.15, -0.1) is 0 Å². The van der Waals surface area contributed by atoms with Crippen molar-refractivity contribution in [2.75, 3.05) is 0 Å². The van der Waals surface area contributed by atoms with Crippen molar-refractivity contribution >= 4 is 15.9 Å². The van der Waals surface area contributed by atoms with Crippen molar-refractivity contribution < 1.29 is 4.39 Å². The van der Waals surface area contributed by atoms with Gasteiger partial charge in [-0.3, -0.25) is 0 Å². The van der Waals surface area contributed by atoms with E-state index in [1.807, 2.05) is 24.6 Å². The van der Waals surface area contributed by atoms with E-state index in [-0.39, 0.29) is 17.9 Å². The molecule has 0 aliphatic carbocycles. The highest BCUT2D eigenvalue weighted by atomic mass is 79.9. The molecule has 2 N–H and O–H groups in total. The minimum Gasteiger partial charge on any atom is -0.324 e. The quantitative estimate of drug-likeness (QED) is 0.939. The van der Waals surface area contributed by atoms with Gasteiger partial charge in [-0.1, -0.05) is 12.1 Å². The van der Waals surface area contributed by atoms with E-state index in [0.717, 1.165) is 11.4 Å². The van der Waals surface area contributed by atoms with Crippen LogP contribution in [-0.2, 0) is 6.42 Å². The lowest BCUT2D eigenvalue weighted by molar-refractivity contribution is 0.492. The maximum absolute atomic E-state index is 13.5. The summed E-state index contributed by atoms with van der Waals surface area (Å²) in [6, 6.07) is 4.76. The van der Waals surface area contributed by atoms with E-state index < -0.39 is 0 Å². The van der Waals surface area contributed by atoms with Gasteiger partial charge in [0.1, 0.15) is 18.0 Å². The second-order valence-corrected chi connectivity index (χ2v) is 5.46. The fourth-order valence-corrected chi connectivity index (χ4v) is 2.52. The van der Waals surface area contributed by atoms with Gasteiger partial charge in [-0.25, -0.2) is 14.1 Å². The molecule has 0 saturated carbocycles. The first-order chi connectivity index (χ1) is 9.00. The standard InChI is InChI=1S/C13H16BrFN4/c1-8(2)19-12(17-7-18-19)6-11(16)9-4-3-5-10(15)13(9)14/h3-5,7-8,11H,6,16H2,1-2H3. The molecule has 0 fully saturated rings. The van der Waals surface area contributed by atoms with Crippen LogP contribution in [0.2, 0.25) is 0 Å². The van der Waals surface area contributed by atoms with Crippen LogP contribution >= 0.6 is 15.9 Å². The molecular weight excluding hydrogens is 311 g/mol. The number of hydrogen-bond acceptors (Lipinski definition) is 3. The van der Waals surface area contributed by atoms with Crippen molar-refractivity contribution in [2.24, 2.45) is 5.73 Å². The summed E-state index contributed by atoms with van der Waals surface area (Å²) in [5.41, 5.74) is 6.88. The average Bonchev–Trinajstić information content (AvgIpc) is 2.80. The van der Waals surface area contributed by atoms with E-state index in [2.05, 4.69) is 26.0 Å². The van der Waals surface area contributed by atoms with Gasteiger partial charge >= 0.3 is 0 Å². The third kappa shape index (κ3) is 3.01. The molecule has 2 rings (SSSR count). The summed E-state index contributed by atoms with van der Waals surface area (Å²) in [7, 11) is 0. The normalized spacial score (nSPS) is 12.9. The third-order valence-electron chi connectivity index (χ3n) is 2.92. The van der Waals surface area contributed by atoms with Crippen molar-refractivity contribution in [3.05, 3.63) is 46.2 Å². The zero-order valence-corrected chi connectivity index (χ0v) is 12.4. The Morgan fingerprint density at radius 1 is 1.42 bits per heavy atom. The van der Waals surface area contributed by atoms with Crippen molar-refractivity contribution in [3.63, 3.8) is 0 Å². The largest absolute Gasteiger partial charge is 0.324 e. The number of rotatable bonds is 4. The monoisotopic (exact) mass is 326 g/mol. The first kappa shape index (κ1) is 14.1. The maximum Gasteiger partial charge on any atom is 0.138 e. The molecule has 1 heterocycles. The molecule has 1 aromatic heterocycles. The Morgan fingerprint density at radius 3 is 2.84 bits per heavy atom. The van der Waals surface area contributed by atoms with E-state index in [9.17, 15) is 4.39 Å². The summed E-state index contributed by atoms with van der Waals surface area (Å²) >= 11 is 3.23. The SMILES string of the molecule is CC(C)n1ncnc1CC(N)c1cccc(F)c1Br. The molecule has 19 heavy (non-hydrogen) atoms. The predicted octanol–water partition coefficient (Wildman–Crippen LogP) is 3.00. The van der Waals surface area contributed by atoms with E-state index in [1.54, 1.807) is 6.07 Å². The highest BCUT2D eigenvalue weighted by Gasteiger charge is 2.17. The lowest BCUT2D eigenvalue weighted by Crippen LogP contribution is -2.18. The topological polar surface area (TPSA) is 56.7 Å². The molecule has 2 aromatic rings. The van der Waals surface area contributed by atoms with Gasteiger partial charge in [0.25, 0.3) is 0 Å². The molecule has 0 saturated heterocycles. The van der Waals surface area contributed by atoms with Gasteiger partial charge in [0, 0.05) is 18.5 Å². The zero-order valence-electron chi connectivity index (χ0n) is 10.8. The van der Waals surface area contributed by atoms with Gasteiger partial charge in [-0.05, 0) is 41.4 Å². The average molecular weight is 327 g/mol. The Kier molecular flexibility index (Phi) is 4.31. The molecule has 1 atom stereocenters. The Balaban J connectivity index is 2.23. The van der Waals surface area contributed by atoms with Crippen LogP contribution in [0.3, 0.4) is 0 Å². The molecule has 0 radical (unpaired) electrons. The van der Waals surface area contributed by atoms with E-state index >= 15 is 0 Å². The molecule has 0 spiro atoms. The highest BCUT2D eigenvalue weighted by Crippen LogP contribution is 2.26. The first-order valence-corrected chi connectivity index (χ1v) is 6.88. The minimum absolute atomic E-state index is 0.223. The fourth-order valence-electron chi connectivity index (χ4n) is 1.97. The third-order valence-corrected chi connectivity index (χ3v) is 3.76. The molecule has 1 aromatic carbocycles. The van der Waals surface area contributed by atoms with Gasteiger partial charge in [0.05, 0.1) is 4.47 Å². The van der Waals surface area contributed by atoms with Gasteiger partial charge in [0.2, 0.25) is 0 Å². The number of nitrogens with two attached hydrogens (primary N) is 1. The molecule has 102 valence electrons. The van der Waals surface area contributed by atoms with Crippen LogP contribution in [0, 0.1) is 5.82 Å². The van der Waals surface area contributed by atoms with Gasteiger partial charge < -0.3 is 5.73 Å². The van der Waals surface area contributed by atoms with Crippen LogP contribution in [0.5, 0.6) is 0 Å². The minimum atomic E-state index is -0.327. The Bertz CT molecular complexity index is 568. The molecule has 0 aliphatic heterocycles. The predicted molar refractivity (Wildman–Crippen MR) is 75.1 cm³/mol. The Hall–Kier alpha value is -1.27. The van der Waals surface area contributed by atoms with Crippen LogP contribution in [0.25, 0.3) is 0 Å². The smallest absolute Gasteiger partial charge is 0.138 e. The lowest BCUT2D eigenvalue weighted by atomic mass is 10.0. The van der Waals surface area contributed by atoms with Crippen LogP contribution in [-0.4, -0.2) is 14.8 Å². The van der Waals surface area contributed by atoms with Crippen molar-refractivity contribution in [2.45, 2.75) is 32.4 Å². The number of benzene rings is 1. The first-order valence-electron chi connectivity index (χ1n) is 6.08. The molecular formula is C13H16BrFN4. The van der Waals surface area contributed by atoms with Crippen molar-refractivity contribution in [1.29, 1.82) is 0 Å². The number of halogens is 2. The van der Waals surface area contributed by atoms with Crippen molar-refractivity contribution in [3.8, 4) is 0 Å². The fraction of sp³-hybridized carbons (Fsp3) is 0.385. The van der Waals surface area contributed by atoms with E-state index in [4.69, 9.17) is 5.73 Å². The van der Waals surface area contributed by atoms with E-state index in [0.29, 0.717) is 10.9 Å². The van der Waals surface area contributed by atoms with E-state index in [1.165, 1.54) is 12.4 Å². The second-order valence-electron chi connectivity index (χ2n) is 4.67. The summed E-state index contributed by atoms with van der Waals surface area (Å²) in [6.07, 6.45) is 2.03. The van der Waals surface area contributed by atoms with Crippen LogP contribution in [0.1, 0.15) is 37.3 Å². The second kappa shape index (κ2) is 5.79. The van der Waals surface area contributed by atoms with Gasteiger partial charge in [0.15, 0.2) is 0 Å². The number of hydrogen-bond donors (Lipinski definition) is 1. The Morgan fingerprint density at radius 2 is 2.16 bits per heavy atom. The Labute approximate surface area is 120 Å².